The first kappa shape index (κ1) is 10.9. The fourth-order valence-electron chi connectivity index (χ4n) is 1.45. The topological polar surface area (TPSA) is 9.23 Å². The van der Waals surface area contributed by atoms with Gasteiger partial charge in [-0.2, -0.15) is 13.2 Å². The van der Waals surface area contributed by atoms with Crippen molar-refractivity contribution in [1.29, 1.82) is 0 Å². The van der Waals surface area contributed by atoms with Crippen LogP contribution in [-0.2, 0) is 6.18 Å². The number of alkyl halides is 3. The Bertz CT molecular complexity index is 342. The third kappa shape index (κ3) is 2.00. The molecule has 0 atom stereocenters. The van der Waals surface area contributed by atoms with Crippen LogP contribution in [0.15, 0.2) is 12.1 Å². The first-order chi connectivity index (χ1) is 6.36. The number of halogens is 3. The highest BCUT2D eigenvalue weighted by Crippen LogP contribution is 2.38. The van der Waals surface area contributed by atoms with Crippen molar-refractivity contribution in [3.8, 4) is 5.75 Å². The van der Waals surface area contributed by atoms with Crippen molar-refractivity contribution in [2.45, 2.75) is 20.0 Å². The molecule has 1 aromatic carbocycles. The van der Waals surface area contributed by atoms with Gasteiger partial charge in [-0.3, -0.25) is 0 Å². The molecule has 0 saturated heterocycles. The zero-order chi connectivity index (χ0) is 10.9. The van der Waals surface area contributed by atoms with Gasteiger partial charge in [0.1, 0.15) is 11.3 Å². The number of methoxy groups -OCH3 is 1. The third-order valence-corrected chi connectivity index (χ3v) is 1.95. The molecule has 1 rings (SSSR count). The van der Waals surface area contributed by atoms with Crippen LogP contribution < -0.4 is 4.74 Å². The summed E-state index contributed by atoms with van der Waals surface area (Å²) in [6.07, 6.45) is -4.36. The molecule has 4 heteroatoms. The van der Waals surface area contributed by atoms with E-state index in [1.165, 1.54) is 26.2 Å². The Balaban J connectivity index is 3.40. The maximum absolute atomic E-state index is 12.5. The van der Waals surface area contributed by atoms with Crippen molar-refractivity contribution in [1.82, 2.24) is 0 Å². The van der Waals surface area contributed by atoms with E-state index in [9.17, 15) is 13.2 Å². The average Bonchev–Trinajstić information content (AvgIpc) is 1.99. The van der Waals surface area contributed by atoms with Crippen molar-refractivity contribution in [3.63, 3.8) is 0 Å². The van der Waals surface area contributed by atoms with Gasteiger partial charge in [-0.05, 0) is 31.0 Å². The van der Waals surface area contributed by atoms with Gasteiger partial charge in [-0.1, -0.05) is 6.07 Å². The van der Waals surface area contributed by atoms with Crippen LogP contribution in [-0.4, -0.2) is 7.11 Å². The van der Waals surface area contributed by atoms with Crippen LogP contribution in [0.25, 0.3) is 0 Å². The smallest absolute Gasteiger partial charge is 0.420 e. The highest BCUT2D eigenvalue weighted by atomic mass is 19.4. The van der Waals surface area contributed by atoms with Crippen LogP contribution in [0.2, 0.25) is 0 Å². The summed E-state index contributed by atoms with van der Waals surface area (Å²) in [6.45, 7) is 3.16. The van der Waals surface area contributed by atoms with Crippen LogP contribution in [0.3, 0.4) is 0 Å². The number of hydrogen-bond donors (Lipinski definition) is 0. The lowest BCUT2D eigenvalue weighted by molar-refractivity contribution is -0.139. The van der Waals surface area contributed by atoms with E-state index in [4.69, 9.17) is 4.74 Å². The minimum absolute atomic E-state index is 0.116. The molecule has 0 aliphatic heterocycles. The van der Waals surface area contributed by atoms with Crippen molar-refractivity contribution in [2.75, 3.05) is 7.11 Å². The molecular formula is C10H11F3O. The Morgan fingerprint density at radius 1 is 1.14 bits per heavy atom. The summed E-state index contributed by atoms with van der Waals surface area (Å²) in [5.41, 5.74) is 0.257. The number of hydrogen-bond acceptors (Lipinski definition) is 1. The van der Waals surface area contributed by atoms with Crippen molar-refractivity contribution in [3.05, 3.63) is 28.8 Å². The first-order valence-electron chi connectivity index (χ1n) is 4.08. The zero-order valence-electron chi connectivity index (χ0n) is 8.20. The minimum atomic E-state index is -4.36. The standard InChI is InChI=1S/C10H11F3O/c1-6-4-7(2)9(10(11,12)13)8(5-6)14-3/h4-5H,1-3H3. The molecule has 0 saturated carbocycles. The van der Waals surface area contributed by atoms with Crippen LogP contribution in [0.5, 0.6) is 5.75 Å². The Labute approximate surface area is 80.5 Å². The molecule has 0 aliphatic carbocycles. The van der Waals surface area contributed by atoms with Gasteiger partial charge in [-0.25, -0.2) is 0 Å². The van der Waals surface area contributed by atoms with E-state index >= 15 is 0 Å². The fraction of sp³-hybridized carbons (Fsp3) is 0.400. The highest BCUT2D eigenvalue weighted by Gasteiger charge is 2.36. The zero-order valence-corrected chi connectivity index (χ0v) is 8.20. The molecule has 0 radical (unpaired) electrons. The second-order valence-corrected chi connectivity index (χ2v) is 3.16. The van der Waals surface area contributed by atoms with Crippen LogP contribution >= 0.6 is 0 Å². The molecule has 0 amide bonds. The molecule has 0 fully saturated rings. The molecule has 14 heavy (non-hydrogen) atoms. The van der Waals surface area contributed by atoms with Gasteiger partial charge in [0, 0.05) is 0 Å². The molecule has 0 aromatic heterocycles. The van der Waals surface area contributed by atoms with Crippen LogP contribution in [0.4, 0.5) is 13.2 Å². The molecule has 0 spiro atoms. The van der Waals surface area contributed by atoms with Gasteiger partial charge in [0.05, 0.1) is 7.11 Å². The molecule has 0 heterocycles. The van der Waals surface area contributed by atoms with E-state index < -0.39 is 11.7 Å². The second-order valence-electron chi connectivity index (χ2n) is 3.16. The Morgan fingerprint density at radius 2 is 1.71 bits per heavy atom. The van der Waals surface area contributed by atoms with Gasteiger partial charge in [0.25, 0.3) is 0 Å². The van der Waals surface area contributed by atoms with Gasteiger partial charge >= 0.3 is 6.18 Å². The summed E-state index contributed by atoms with van der Waals surface area (Å²) >= 11 is 0. The maximum atomic E-state index is 12.5. The van der Waals surface area contributed by atoms with Gasteiger partial charge < -0.3 is 4.74 Å². The largest absolute Gasteiger partial charge is 0.496 e. The van der Waals surface area contributed by atoms with Gasteiger partial charge in [-0.15, -0.1) is 0 Å². The second kappa shape index (κ2) is 3.52. The van der Waals surface area contributed by atoms with E-state index in [1.54, 1.807) is 6.92 Å². The normalized spacial score (nSPS) is 11.6. The van der Waals surface area contributed by atoms with Gasteiger partial charge in [0.15, 0.2) is 0 Å². The Kier molecular flexibility index (Phi) is 2.73. The molecule has 0 aliphatic rings. The predicted octanol–water partition coefficient (Wildman–Crippen LogP) is 3.33. The Hall–Kier alpha value is -1.19. The Morgan fingerprint density at radius 3 is 2.14 bits per heavy atom. The molecule has 1 nitrogen and oxygen atoms in total. The third-order valence-electron chi connectivity index (χ3n) is 1.95. The van der Waals surface area contributed by atoms with Crippen LogP contribution in [0, 0.1) is 13.8 Å². The molecule has 0 unspecified atom stereocenters. The highest BCUT2D eigenvalue weighted by molar-refractivity contribution is 5.44. The summed E-state index contributed by atoms with van der Waals surface area (Å²) in [5, 5.41) is 0. The van der Waals surface area contributed by atoms with E-state index in [0.29, 0.717) is 0 Å². The lowest BCUT2D eigenvalue weighted by Crippen LogP contribution is -2.10. The fourth-order valence-corrected chi connectivity index (χ4v) is 1.45. The van der Waals surface area contributed by atoms with E-state index in [2.05, 4.69) is 0 Å². The summed E-state index contributed by atoms with van der Waals surface area (Å²) in [7, 11) is 1.24. The van der Waals surface area contributed by atoms with Crippen molar-refractivity contribution < 1.29 is 17.9 Å². The summed E-state index contributed by atoms with van der Waals surface area (Å²) < 4.78 is 42.4. The predicted molar refractivity (Wildman–Crippen MR) is 47.5 cm³/mol. The molecule has 0 N–H and O–H groups in total. The number of ether oxygens (including phenoxy) is 1. The SMILES string of the molecule is COc1cc(C)cc(C)c1C(F)(F)F. The molecule has 1 aromatic rings. The molecular weight excluding hydrogens is 193 g/mol. The van der Waals surface area contributed by atoms with Crippen LogP contribution in [0.1, 0.15) is 16.7 Å². The maximum Gasteiger partial charge on any atom is 0.420 e. The van der Waals surface area contributed by atoms with E-state index in [0.717, 1.165) is 5.56 Å². The monoisotopic (exact) mass is 204 g/mol. The minimum Gasteiger partial charge on any atom is -0.496 e. The lowest BCUT2D eigenvalue weighted by Gasteiger charge is -2.15. The number of aryl methyl sites for hydroxylation is 2. The number of rotatable bonds is 1. The quantitative estimate of drug-likeness (QED) is 0.681. The van der Waals surface area contributed by atoms with Crippen molar-refractivity contribution >= 4 is 0 Å². The van der Waals surface area contributed by atoms with Gasteiger partial charge in [0.2, 0.25) is 0 Å². The first-order valence-corrected chi connectivity index (χ1v) is 4.08. The summed E-state index contributed by atoms with van der Waals surface area (Å²) in [5.74, 6) is -0.116. The van der Waals surface area contributed by atoms with Crippen molar-refractivity contribution in [2.24, 2.45) is 0 Å². The summed E-state index contributed by atoms with van der Waals surface area (Å²) in [4.78, 5) is 0. The average molecular weight is 204 g/mol. The molecule has 0 bridgehead atoms. The van der Waals surface area contributed by atoms with E-state index in [-0.39, 0.29) is 11.3 Å². The number of benzene rings is 1. The summed E-state index contributed by atoms with van der Waals surface area (Å²) in [6, 6.07) is 2.88. The molecule has 78 valence electrons. The lowest BCUT2D eigenvalue weighted by atomic mass is 10.0. The van der Waals surface area contributed by atoms with E-state index in [1.807, 2.05) is 0 Å².